The Kier molecular flexibility index (Phi) is 7.58. The van der Waals surface area contributed by atoms with E-state index in [1.807, 2.05) is 0 Å². The van der Waals surface area contributed by atoms with E-state index in [4.69, 9.17) is 5.21 Å². The molecule has 0 fully saturated rings. The summed E-state index contributed by atoms with van der Waals surface area (Å²) in [4.78, 5) is 8.42. The van der Waals surface area contributed by atoms with Gasteiger partial charge in [0.1, 0.15) is 0 Å². The Bertz CT molecular complexity index is 322. The van der Waals surface area contributed by atoms with Gasteiger partial charge in [-0.1, -0.05) is 5.16 Å². The van der Waals surface area contributed by atoms with Crippen LogP contribution in [0, 0.1) is 5.21 Å². The lowest BCUT2D eigenvalue weighted by Gasteiger charge is -2.02. The molecule has 0 amide bonds. The zero-order chi connectivity index (χ0) is 13.3. The zero-order valence-electron chi connectivity index (χ0n) is 10.8. The van der Waals surface area contributed by atoms with Crippen LogP contribution in [0.2, 0.25) is 0 Å². The van der Waals surface area contributed by atoms with Gasteiger partial charge < -0.3 is 15.6 Å². The highest BCUT2D eigenvalue weighted by molar-refractivity contribution is 6.41. The third-order valence-corrected chi connectivity index (χ3v) is 2.35. The SMILES string of the molecule is CC(=NCCCN=C(C)/C(C)=N\O)/C(C)=N\[O-]. The maximum atomic E-state index is 10.2. The van der Waals surface area contributed by atoms with Crippen LogP contribution in [-0.4, -0.2) is 41.1 Å². The number of oxime groups is 1. The van der Waals surface area contributed by atoms with Crippen LogP contribution in [0.3, 0.4) is 0 Å². The van der Waals surface area contributed by atoms with E-state index in [1.165, 1.54) is 0 Å². The molecule has 0 spiro atoms. The molecule has 6 heteroatoms. The lowest BCUT2D eigenvalue weighted by molar-refractivity contribution is 0.320. The number of hydrogen-bond donors (Lipinski definition) is 1. The molecule has 0 rings (SSSR count). The van der Waals surface area contributed by atoms with Crippen molar-refractivity contribution in [3.63, 3.8) is 0 Å². The first kappa shape index (κ1) is 15.3. The van der Waals surface area contributed by atoms with Gasteiger partial charge in [-0.15, -0.1) is 0 Å². The molecule has 6 nitrogen and oxygen atoms in total. The third kappa shape index (κ3) is 6.44. The van der Waals surface area contributed by atoms with Crippen LogP contribution in [0.15, 0.2) is 20.3 Å². The van der Waals surface area contributed by atoms with Gasteiger partial charge in [-0.25, -0.2) is 0 Å². The first-order valence-electron chi connectivity index (χ1n) is 5.41. The lowest BCUT2D eigenvalue weighted by Crippen LogP contribution is -2.08. The minimum atomic E-state index is 0.410. The summed E-state index contributed by atoms with van der Waals surface area (Å²) in [6, 6.07) is 0. The normalized spacial score (nSPS) is 15.3. The Morgan fingerprint density at radius 2 is 1.35 bits per heavy atom. The van der Waals surface area contributed by atoms with Gasteiger partial charge >= 0.3 is 0 Å². The molecule has 0 bridgehead atoms. The van der Waals surface area contributed by atoms with E-state index in [0.29, 0.717) is 35.9 Å². The summed E-state index contributed by atoms with van der Waals surface area (Å²) in [5, 5.41) is 24.6. The van der Waals surface area contributed by atoms with Gasteiger partial charge in [0.2, 0.25) is 0 Å². The molecule has 0 saturated carbocycles. The van der Waals surface area contributed by atoms with Crippen molar-refractivity contribution >= 4 is 22.8 Å². The minimum Gasteiger partial charge on any atom is -0.792 e. The van der Waals surface area contributed by atoms with Crippen molar-refractivity contribution in [3.8, 4) is 0 Å². The Morgan fingerprint density at radius 3 is 1.76 bits per heavy atom. The fourth-order valence-electron chi connectivity index (χ4n) is 0.931. The zero-order valence-corrected chi connectivity index (χ0v) is 10.8. The molecular formula is C11H19N4O2-. The molecule has 0 aromatic rings. The van der Waals surface area contributed by atoms with Gasteiger partial charge in [0.15, 0.2) is 0 Å². The Hall–Kier alpha value is -1.72. The standard InChI is InChI=1S/C11H20N4O2/c1-8(10(3)14-16)12-6-5-7-13-9(2)11(4)15-17/h16-17H,5-7H2,1-4H3/p-1/b12-8?,13-9?,14-10-,15-11-. The molecule has 0 atom stereocenters. The highest BCUT2D eigenvalue weighted by Gasteiger charge is 1.96. The van der Waals surface area contributed by atoms with Crippen LogP contribution >= 0.6 is 0 Å². The molecule has 0 aromatic carbocycles. The third-order valence-electron chi connectivity index (χ3n) is 2.35. The Balaban J connectivity index is 4.03. The number of nitrogens with zero attached hydrogens (tertiary/aromatic N) is 4. The summed E-state index contributed by atoms with van der Waals surface area (Å²) in [5.74, 6) is 0. The van der Waals surface area contributed by atoms with Gasteiger partial charge in [0, 0.05) is 18.8 Å². The lowest BCUT2D eigenvalue weighted by atomic mass is 10.3. The van der Waals surface area contributed by atoms with Gasteiger partial charge in [-0.05, 0) is 34.1 Å². The van der Waals surface area contributed by atoms with E-state index in [0.717, 1.165) is 6.42 Å². The van der Waals surface area contributed by atoms with Crippen LogP contribution in [0.25, 0.3) is 0 Å². The van der Waals surface area contributed by atoms with Crippen molar-refractivity contribution in [2.75, 3.05) is 13.1 Å². The number of hydrogen-bond acceptors (Lipinski definition) is 6. The summed E-state index contributed by atoms with van der Waals surface area (Å²) in [5.41, 5.74) is 2.30. The minimum absolute atomic E-state index is 0.410. The number of aliphatic imine (C=N–C) groups is 2. The van der Waals surface area contributed by atoms with Crippen LogP contribution in [0.1, 0.15) is 34.1 Å². The first-order chi connectivity index (χ1) is 8.02. The Labute approximate surface area is 101 Å². The molecule has 0 aliphatic heterocycles. The van der Waals surface area contributed by atoms with E-state index >= 15 is 0 Å². The van der Waals surface area contributed by atoms with Gasteiger partial charge in [-0.3, -0.25) is 9.98 Å². The summed E-state index contributed by atoms with van der Waals surface area (Å²) in [6.07, 6.45) is 0.777. The van der Waals surface area contributed by atoms with E-state index in [9.17, 15) is 5.21 Å². The molecule has 0 radical (unpaired) electrons. The van der Waals surface area contributed by atoms with Crippen molar-refractivity contribution < 1.29 is 5.21 Å². The molecule has 0 aliphatic rings. The van der Waals surface area contributed by atoms with Crippen molar-refractivity contribution in [2.45, 2.75) is 34.1 Å². The smallest absolute Gasteiger partial charge is 0.0971 e. The highest BCUT2D eigenvalue weighted by atomic mass is 16.4. The molecule has 96 valence electrons. The van der Waals surface area contributed by atoms with Crippen LogP contribution in [0.5, 0.6) is 0 Å². The average Bonchev–Trinajstić information content (AvgIpc) is 2.35. The maximum absolute atomic E-state index is 10.2. The predicted molar refractivity (Wildman–Crippen MR) is 71.9 cm³/mol. The second-order valence-corrected chi connectivity index (χ2v) is 3.65. The van der Waals surface area contributed by atoms with Crippen LogP contribution in [0.4, 0.5) is 0 Å². The fraction of sp³-hybridized carbons (Fsp3) is 0.636. The molecular weight excluding hydrogens is 220 g/mol. The second kappa shape index (κ2) is 8.43. The van der Waals surface area contributed by atoms with E-state index in [-0.39, 0.29) is 0 Å². The summed E-state index contributed by atoms with van der Waals surface area (Å²) in [7, 11) is 0. The summed E-state index contributed by atoms with van der Waals surface area (Å²) in [6.45, 7) is 8.09. The average molecular weight is 239 g/mol. The maximum Gasteiger partial charge on any atom is 0.0971 e. The molecule has 17 heavy (non-hydrogen) atoms. The second-order valence-electron chi connectivity index (χ2n) is 3.65. The van der Waals surface area contributed by atoms with Crippen molar-refractivity contribution in [3.05, 3.63) is 5.21 Å². The molecule has 1 N–H and O–H groups in total. The van der Waals surface area contributed by atoms with Crippen LogP contribution < -0.4 is 0 Å². The fourth-order valence-corrected chi connectivity index (χ4v) is 0.931. The largest absolute Gasteiger partial charge is 0.792 e. The van der Waals surface area contributed by atoms with Crippen molar-refractivity contribution in [2.24, 2.45) is 20.3 Å². The van der Waals surface area contributed by atoms with Crippen molar-refractivity contribution in [1.29, 1.82) is 0 Å². The van der Waals surface area contributed by atoms with E-state index in [2.05, 4.69) is 20.3 Å². The predicted octanol–water partition coefficient (Wildman–Crippen LogP) is 2.11. The highest BCUT2D eigenvalue weighted by Crippen LogP contribution is 1.90. The van der Waals surface area contributed by atoms with Crippen molar-refractivity contribution in [1.82, 2.24) is 0 Å². The number of rotatable bonds is 6. The monoisotopic (exact) mass is 239 g/mol. The summed E-state index contributed by atoms with van der Waals surface area (Å²) >= 11 is 0. The molecule has 0 heterocycles. The van der Waals surface area contributed by atoms with Gasteiger partial charge in [-0.2, -0.15) is 0 Å². The summed E-state index contributed by atoms with van der Waals surface area (Å²) < 4.78 is 0. The topological polar surface area (TPSA) is 92.7 Å². The molecule has 0 aliphatic carbocycles. The molecule has 0 unspecified atom stereocenters. The quantitative estimate of drug-likeness (QED) is 0.332. The Morgan fingerprint density at radius 1 is 0.882 bits per heavy atom. The van der Waals surface area contributed by atoms with Gasteiger partial charge in [0.05, 0.1) is 17.1 Å². The molecule has 0 aromatic heterocycles. The first-order valence-corrected chi connectivity index (χ1v) is 5.41. The van der Waals surface area contributed by atoms with Gasteiger partial charge in [0.25, 0.3) is 0 Å². The molecule has 0 saturated heterocycles. The van der Waals surface area contributed by atoms with Crippen LogP contribution in [-0.2, 0) is 0 Å². The van der Waals surface area contributed by atoms with E-state index in [1.54, 1.807) is 27.7 Å². The van der Waals surface area contributed by atoms with E-state index < -0.39 is 0 Å².